The van der Waals surface area contributed by atoms with Crippen molar-refractivity contribution in [3.05, 3.63) is 0 Å². The van der Waals surface area contributed by atoms with Gasteiger partial charge in [0.1, 0.15) is 0 Å². The van der Waals surface area contributed by atoms with E-state index in [0.29, 0.717) is 43.6 Å². The van der Waals surface area contributed by atoms with Gasteiger partial charge in [-0.05, 0) is 30.8 Å². The lowest BCUT2D eigenvalue weighted by Gasteiger charge is -2.18. The highest BCUT2D eigenvalue weighted by molar-refractivity contribution is 7.80. The first kappa shape index (κ1) is 20.6. The SMILES string of the molecule is CCCCCCC(OC(=O)CCCS)OC(=O)CCCS. The quantitative estimate of drug-likeness (QED) is 0.232. The number of carbonyl (C=O) groups excluding carboxylic acids is 2. The summed E-state index contributed by atoms with van der Waals surface area (Å²) in [6.45, 7) is 2.13. The summed E-state index contributed by atoms with van der Waals surface area (Å²) < 4.78 is 10.5. The van der Waals surface area contributed by atoms with E-state index < -0.39 is 6.29 Å². The van der Waals surface area contributed by atoms with E-state index in [1.165, 1.54) is 0 Å². The van der Waals surface area contributed by atoms with E-state index >= 15 is 0 Å². The summed E-state index contributed by atoms with van der Waals surface area (Å²) in [4.78, 5) is 23.3. The fourth-order valence-electron chi connectivity index (χ4n) is 1.74. The first-order valence-electron chi connectivity index (χ1n) is 7.74. The molecule has 0 rings (SSSR count). The number of hydrogen-bond donors (Lipinski definition) is 2. The van der Waals surface area contributed by atoms with Crippen LogP contribution in [0.1, 0.15) is 64.7 Å². The molecule has 0 aromatic rings. The van der Waals surface area contributed by atoms with Crippen molar-refractivity contribution in [2.24, 2.45) is 0 Å². The molecule has 0 heterocycles. The third-order valence-electron chi connectivity index (χ3n) is 2.90. The summed E-state index contributed by atoms with van der Waals surface area (Å²) in [5, 5.41) is 0. The lowest BCUT2D eigenvalue weighted by molar-refractivity contribution is -0.189. The summed E-state index contributed by atoms with van der Waals surface area (Å²) in [5.74, 6) is 0.619. The van der Waals surface area contributed by atoms with Crippen LogP contribution in [0.5, 0.6) is 0 Å². The molecule has 0 aliphatic carbocycles. The molecule has 0 aliphatic rings. The minimum Gasteiger partial charge on any atom is -0.425 e. The maximum absolute atomic E-state index is 11.6. The Morgan fingerprint density at radius 3 is 1.81 bits per heavy atom. The molecule has 0 unspecified atom stereocenters. The number of rotatable bonds is 13. The van der Waals surface area contributed by atoms with Crippen molar-refractivity contribution in [2.75, 3.05) is 11.5 Å². The molecule has 6 heteroatoms. The minimum atomic E-state index is -0.748. The molecule has 0 amide bonds. The topological polar surface area (TPSA) is 52.6 Å². The summed E-state index contributed by atoms with van der Waals surface area (Å²) in [7, 11) is 0. The highest BCUT2D eigenvalue weighted by Gasteiger charge is 2.18. The first-order valence-corrected chi connectivity index (χ1v) is 9.01. The van der Waals surface area contributed by atoms with E-state index in [2.05, 4.69) is 32.2 Å². The normalized spacial score (nSPS) is 10.7. The summed E-state index contributed by atoms with van der Waals surface area (Å²) >= 11 is 8.12. The van der Waals surface area contributed by atoms with Crippen LogP contribution in [0.3, 0.4) is 0 Å². The summed E-state index contributed by atoms with van der Waals surface area (Å²) in [6, 6.07) is 0. The average molecular weight is 337 g/mol. The van der Waals surface area contributed by atoms with Crippen LogP contribution >= 0.6 is 25.3 Å². The predicted molar refractivity (Wildman–Crippen MR) is 90.9 cm³/mol. The standard InChI is InChI=1S/C15H28O4S2/c1-2-3-4-5-10-15(18-13(16)8-6-11-20)19-14(17)9-7-12-21/h15,20-21H,2-12H2,1H3. The zero-order valence-corrected chi connectivity index (χ0v) is 14.7. The maximum Gasteiger partial charge on any atom is 0.308 e. The van der Waals surface area contributed by atoms with Crippen molar-refractivity contribution in [1.82, 2.24) is 0 Å². The van der Waals surface area contributed by atoms with Crippen molar-refractivity contribution in [2.45, 2.75) is 71.0 Å². The highest BCUT2D eigenvalue weighted by atomic mass is 32.1. The van der Waals surface area contributed by atoms with Crippen LogP contribution < -0.4 is 0 Å². The number of carbonyl (C=O) groups is 2. The number of thiol groups is 2. The molecular weight excluding hydrogens is 308 g/mol. The Labute approximate surface area is 139 Å². The van der Waals surface area contributed by atoms with Gasteiger partial charge in [-0.2, -0.15) is 25.3 Å². The molecule has 21 heavy (non-hydrogen) atoms. The molecule has 0 aliphatic heterocycles. The van der Waals surface area contributed by atoms with E-state index in [1.807, 2.05) is 0 Å². The molecule has 0 aromatic heterocycles. The molecule has 0 radical (unpaired) electrons. The third kappa shape index (κ3) is 13.1. The summed E-state index contributed by atoms with van der Waals surface area (Å²) in [6.07, 6.45) is 5.97. The predicted octanol–water partition coefficient (Wildman–Crippen LogP) is 3.79. The van der Waals surface area contributed by atoms with E-state index in [-0.39, 0.29) is 11.9 Å². The largest absolute Gasteiger partial charge is 0.425 e. The van der Waals surface area contributed by atoms with Crippen LogP contribution in [-0.4, -0.2) is 29.7 Å². The Morgan fingerprint density at radius 2 is 1.38 bits per heavy atom. The number of hydrogen-bond acceptors (Lipinski definition) is 6. The zero-order chi connectivity index (χ0) is 15.9. The van der Waals surface area contributed by atoms with Crippen molar-refractivity contribution >= 4 is 37.2 Å². The van der Waals surface area contributed by atoms with Gasteiger partial charge in [-0.1, -0.05) is 26.2 Å². The van der Waals surface area contributed by atoms with Gasteiger partial charge < -0.3 is 9.47 Å². The molecular formula is C15H28O4S2. The second-order valence-corrected chi connectivity index (χ2v) is 5.81. The number of esters is 2. The van der Waals surface area contributed by atoms with Crippen LogP contribution in [0.25, 0.3) is 0 Å². The Bertz CT molecular complexity index is 263. The van der Waals surface area contributed by atoms with Crippen molar-refractivity contribution in [3.63, 3.8) is 0 Å². The van der Waals surface area contributed by atoms with Gasteiger partial charge in [-0.15, -0.1) is 0 Å². The Kier molecular flexibility index (Phi) is 14.3. The van der Waals surface area contributed by atoms with Gasteiger partial charge in [-0.3, -0.25) is 9.59 Å². The lowest BCUT2D eigenvalue weighted by Crippen LogP contribution is -2.24. The molecule has 0 spiro atoms. The van der Waals surface area contributed by atoms with Gasteiger partial charge in [0, 0.05) is 19.3 Å². The molecule has 0 saturated carbocycles. The molecule has 0 aromatic carbocycles. The molecule has 0 N–H and O–H groups in total. The average Bonchev–Trinajstić information content (AvgIpc) is 2.47. The van der Waals surface area contributed by atoms with E-state index in [4.69, 9.17) is 9.47 Å². The van der Waals surface area contributed by atoms with Gasteiger partial charge >= 0.3 is 11.9 Å². The van der Waals surface area contributed by atoms with Crippen LogP contribution in [0.4, 0.5) is 0 Å². The van der Waals surface area contributed by atoms with Crippen molar-refractivity contribution in [1.29, 1.82) is 0 Å². The molecule has 124 valence electrons. The molecule has 0 atom stereocenters. The Morgan fingerprint density at radius 1 is 0.857 bits per heavy atom. The second-order valence-electron chi connectivity index (χ2n) is 4.91. The first-order chi connectivity index (χ1) is 10.1. The van der Waals surface area contributed by atoms with Crippen LogP contribution in [0.2, 0.25) is 0 Å². The Balaban J connectivity index is 4.18. The van der Waals surface area contributed by atoms with E-state index in [1.54, 1.807) is 0 Å². The van der Waals surface area contributed by atoms with Crippen LogP contribution in [0, 0.1) is 0 Å². The van der Waals surface area contributed by atoms with Gasteiger partial charge in [-0.25, -0.2) is 0 Å². The number of unbranched alkanes of at least 4 members (excludes halogenated alkanes) is 3. The fourth-order valence-corrected chi connectivity index (χ4v) is 2.05. The number of ether oxygens (including phenoxy) is 2. The monoisotopic (exact) mass is 336 g/mol. The van der Waals surface area contributed by atoms with E-state index in [0.717, 1.165) is 25.7 Å². The molecule has 0 fully saturated rings. The molecule has 0 saturated heterocycles. The van der Waals surface area contributed by atoms with Crippen molar-refractivity contribution < 1.29 is 19.1 Å². The maximum atomic E-state index is 11.6. The van der Waals surface area contributed by atoms with Crippen molar-refractivity contribution in [3.8, 4) is 0 Å². The minimum absolute atomic E-state index is 0.309. The highest BCUT2D eigenvalue weighted by Crippen LogP contribution is 2.12. The summed E-state index contributed by atoms with van der Waals surface area (Å²) in [5.41, 5.74) is 0. The van der Waals surface area contributed by atoms with Gasteiger partial charge in [0.05, 0.1) is 0 Å². The van der Waals surface area contributed by atoms with Gasteiger partial charge in [0.2, 0.25) is 6.29 Å². The third-order valence-corrected chi connectivity index (χ3v) is 3.53. The smallest absolute Gasteiger partial charge is 0.308 e. The second kappa shape index (κ2) is 14.6. The molecule has 0 bridgehead atoms. The van der Waals surface area contributed by atoms with E-state index in [9.17, 15) is 9.59 Å². The van der Waals surface area contributed by atoms with Gasteiger partial charge in [0.25, 0.3) is 0 Å². The van der Waals surface area contributed by atoms with Crippen LogP contribution in [-0.2, 0) is 19.1 Å². The lowest BCUT2D eigenvalue weighted by atomic mass is 10.1. The van der Waals surface area contributed by atoms with Crippen LogP contribution in [0.15, 0.2) is 0 Å². The van der Waals surface area contributed by atoms with Gasteiger partial charge in [0.15, 0.2) is 0 Å². The fraction of sp³-hybridized carbons (Fsp3) is 0.867. The zero-order valence-electron chi connectivity index (χ0n) is 12.9. The molecule has 4 nitrogen and oxygen atoms in total. The Hall–Kier alpha value is -0.360.